The van der Waals surface area contributed by atoms with Gasteiger partial charge in [0.15, 0.2) is 5.78 Å². The highest BCUT2D eigenvalue weighted by Gasteiger charge is 2.26. The minimum absolute atomic E-state index is 0.300. The molecule has 0 amide bonds. The molecule has 0 bridgehead atoms. The quantitative estimate of drug-likeness (QED) is 0.514. The van der Waals surface area contributed by atoms with E-state index in [-0.39, 0.29) is 0 Å². The fraction of sp³-hybridized carbons (Fsp3) is 0.444. The van der Waals surface area contributed by atoms with Crippen molar-refractivity contribution in [2.45, 2.75) is 13.3 Å². The molecule has 0 aromatic carbocycles. The fourth-order valence-corrected chi connectivity index (χ4v) is 1.60. The molecule has 0 aliphatic carbocycles. The van der Waals surface area contributed by atoms with Crippen molar-refractivity contribution < 1.29 is 4.79 Å². The summed E-state index contributed by atoms with van der Waals surface area (Å²) in [6, 6.07) is 0. The second kappa shape index (κ2) is 2.22. The Morgan fingerprint density at radius 2 is 2.27 bits per heavy atom. The van der Waals surface area contributed by atoms with E-state index < -0.39 is 0 Å². The van der Waals surface area contributed by atoms with E-state index in [0.29, 0.717) is 12.2 Å². The zero-order valence-corrected chi connectivity index (χ0v) is 6.63. The maximum atomic E-state index is 11.2. The predicted molar refractivity (Wildman–Crippen MR) is 43.0 cm³/mol. The van der Waals surface area contributed by atoms with E-state index in [1.807, 2.05) is 12.2 Å². The first kappa shape index (κ1) is 6.65. The number of fused-ring (bicyclic) bond motifs is 1. The van der Waals surface area contributed by atoms with Crippen LogP contribution in [0.5, 0.6) is 0 Å². The van der Waals surface area contributed by atoms with E-state index in [1.165, 1.54) is 5.57 Å². The van der Waals surface area contributed by atoms with Gasteiger partial charge in [-0.25, -0.2) is 0 Å². The van der Waals surface area contributed by atoms with Gasteiger partial charge in [-0.3, -0.25) is 4.79 Å². The molecule has 0 saturated carbocycles. The first-order valence-electron chi connectivity index (χ1n) is 3.93. The van der Waals surface area contributed by atoms with Crippen LogP contribution in [0.2, 0.25) is 0 Å². The van der Waals surface area contributed by atoms with Gasteiger partial charge in [0.25, 0.3) is 0 Å². The Bertz CT molecular complexity index is 263. The van der Waals surface area contributed by atoms with Gasteiger partial charge < -0.3 is 4.90 Å². The number of Topliss-reactive ketones (excluding diaryl/α,β-unsaturated/α-hetero) is 1. The Kier molecular flexibility index (Phi) is 1.34. The highest BCUT2D eigenvalue weighted by atomic mass is 16.1. The summed E-state index contributed by atoms with van der Waals surface area (Å²) in [7, 11) is 0. The molecular formula is C9H11NO. The van der Waals surface area contributed by atoms with Gasteiger partial charge in [0.2, 0.25) is 0 Å². The SMILES string of the molecule is CC1=CC=C2C(=O)CCN2C1. The molecule has 0 aromatic heterocycles. The lowest BCUT2D eigenvalue weighted by molar-refractivity contribution is -0.114. The monoisotopic (exact) mass is 149 g/mol. The summed E-state index contributed by atoms with van der Waals surface area (Å²) in [4.78, 5) is 13.3. The van der Waals surface area contributed by atoms with Crippen molar-refractivity contribution in [3.8, 4) is 0 Å². The maximum absolute atomic E-state index is 11.2. The number of carbonyl (C=O) groups excluding carboxylic acids is 1. The molecule has 0 atom stereocenters. The van der Waals surface area contributed by atoms with Crippen LogP contribution in [0, 0.1) is 0 Å². The van der Waals surface area contributed by atoms with Crippen LogP contribution >= 0.6 is 0 Å². The summed E-state index contributed by atoms with van der Waals surface area (Å²) in [5.74, 6) is 0.300. The Morgan fingerprint density at radius 3 is 3.09 bits per heavy atom. The van der Waals surface area contributed by atoms with Gasteiger partial charge in [0, 0.05) is 19.5 Å². The third-order valence-corrected chi connectivity index (χ3v) is 2.20. The average Bonchev–Trinajstić information content (AvgIpc) is 2.32. The lowest BCUT2D eigenvalue weighted by atomic mass is 10.1. The number of allylic oxidation sites excluding steroid dienone is 3. The molecule has 0 aromatic rings. The summed E-state index contributed by atoms with van der Waals surface area (Å²) < 4.78 is 0. The minimum atomic E-state index is 0.300. The molecule has 2 aliphatic heterocycles. The molecule has 2 heterocycles. The summed E-state index contributed by atoms with van der Waals surface area (Å²) in [5, 5.41) is 0. The van der Waals surface area contributed by atoms with Crippen LogP contribution in [-0.4, -0.2) is 23.8 Å². The maximum Gasteiger partial charge on any atom is 0.180 e. The van der Waals surface area contributed by atoms with E-state index in [1.54, 1.807) is 0 Å². The average molecular weight is 149 g/mol. The molecule has 1 saturated heterocycles. The standard InChI is InChI=1S/C9H11NO/c1-7-2-3-8-9(11)4-5-10(8)6-7/h2-3H,4-6H2,1H3. The van der Waals surface area contributed by atoms with E-state index in [9.17, 15) is 4.79 Å². The molecule has 2 rings (SSSR count). The van der Waals surface area contributed by atoms with Gasteiger partial charge in [-0.2, -0.15) is 0 Å². The minimum Gasteiger partial charge on any atom is -0.364 e. The number of hydrogen-bond donors (Lipinski definition) is 0. The van der Waals surface area contributed by atoms with E-state index in [4.69, 9.17) is 0 Å². The number of nitrogens with zero attached hydrogens (tertiary/aromatic N) is 1. The van der Waals surface area contributed by atoms with Crippen molar-refractivity contribution in [1.82, 2.24) is 4.90 Å². The van der Waals surface area contributed by atoms with Crippen LogP contribution < -0.4 is 0 Å². The molecule has 11 heavy (non-hydrogen) atoms. The molecule has 58 valence electrons. The van der Waals surface area contributed by atoms with E-state index in [0.717, 1.165) is 18.8 Å². The Labute approximate surface area is 66.2 Å². The Hall–Kier alpha value is -1.05. The van der Waals surface area contributed by atoms with Crippen molar-refractivity contribution in [2.24, 2.45) is 0 Å². The van der Waals surface area contributed by atoms with Gasteiger partial charge in [-0.1, -0.05) is 11.6 Å². The topological polar surface area (TPSA) is 20.3 Å². The lowest BCUT2D eigenvalue weighted by Gasteiger charge is -2.21. The summed E-state index contributed by atoms with van der Waals surface area (Å²) in [6.07, 6.45) is 4.68. The van der Waals surface area contributed by atoms with Crippen LogP contribution in [0.25, 0.3) is 0 Å². The molecule has 1 fully saturated rings. The number of ketones is 1. The molecule has 2 aliphatic rings. The largest absolute Gasteiger partial charge is 0.364 e. The van der Waals surface area contributed by atoms with Crippen molar-refractivity contribution in [3.05, 3.63) is 23.4 Å². The second-order valence-electron chi connectivity index (χ2n) is 3.16. The third-order valence-electron chi connectivity index (χ3n) is 2.20. The summed E-state index contributed by atoms with van der Waals surface area (Å²) in [6.45, 7) is 3.95. The van der Waals surface area contributed by atoms with Crippen molar-refractivity contribution in [3.63, 3.8) is 0 Å². The van der Waals surface area contributed by atoms with E-state index in [2.05, 4.69) is 11.8 Å². The highest BCUT2D eigenvalue weighted by molar-refractivity contribution is 5.97. The highest BCUT2D eigenvalue weighted by Crippen LogP contribution is 2.22. The second-order valence-corrected chi connectivity index (χ2v) is 3.16. The summed E-state index contributed by atoms with van der Waals surface area (Å²) in [5.41, 5.74) is 2.25. The smallest absolute Gasteiger partial charge is 0.180 e. The molecule has 0 unspecified atom stereocenters. The van der Waals surface area contributed by atoms with Crippen LogP contribution in [0.4, 0.5) is 0 Å². The van der Waals surface area contributed by atoms with Crippen LogP contribution in [-0.2, 0) is 4.79 Å². The van der Waals surface area contributed by atoms with Crippen LogP contribution in [0.1, 0.15) is 13.3 Å². The lowest BCUT2D eigenvalue weighted by Crippen LogP contribution is -2.23. The number of rotatable bonds is 0. The van der Waals surface area contributed by atoms with Crippen LogP contribution in [0.3, 0.4) is 0 Å². The Morgan fingerprint density at radius 1 is 1.45 bits per heavy atom. The normalized spacial score (nSPS) is 23.0. The Balaban J connectivity index is 2.32. The van der Waals surface area contributed by atoms with E-state index >= 15 is 0 Å². The van der Waals surface area contributed by atoms with Gasteiger partial charge in [0.05, 0.1) is 5.70 Å². The molecular weight excluding hydrogens is 138 g/mol. The molecule has 2 nitrogen and oxygen atoms in total. The predicted octanol–water partition coefficient (Wildman–Crippen LogP) is 1.10. The van der Waals surface area contributed by atoms with Crippen molar-refractivity contribution in [2.75, 3.05) is 13.1 Å². The fourth-order valence-electron chi connectivity index (χ4n) is 1.60. The van der Waals surface area contributed by atoms with Gasteiger partial charge in [-0.15, -0.1) is 0 Å². The third kappa shape index (κ3) is 0.985. The molecule has 0 radical (unpaired) electrons. The summed E-state index contributed by atoms with van der Waals surface area (Å²) >= 11 is 0. The number of hydrogen-bond acceptors (Lipinski definition) is 2. The first-order valence-corrected chi connectivity index (χ1v) is 3.93. The zero-order chi connectivity index (χ0) is 7.84. The van der Waals surface area contributed by atoms with Gasteiger partial charge in [0.1, 0.15) is 0 Å². The number of carbonyl (C=O) groups is 1. The molecule has 2 heteroatoms. The first-order chi connectivity index (χ1) is 5.27. The van der Waals surface area contributed by atoms with Gasteiger partial charge in [-0.05, 0) is 13.0 Å². The zero-order valence-electron chi connectivity index (χ0n) is 6.63. The van der Waals surface area contributed by atoms with Crippen molar-refractivity contribution in [1.29, 1.82) is 0 Å². The van der Waals surface area contributed by atoms with Gasteiger partial charge >= 0.3 is 0 Å². The molecule has 0 N–H and O–H groups in total. The van der Waals surface area contributed by atoms with Crippen molar-refractivity contribution >= 4 is 5.78 Å². The van der Waals surface area contributed by atoms with Crippen LogP contribution in [0.15, 0.2) is 23.4 Å². The molecule has 0 spiro atoms.